The number of hydrogen-bond donors (Lipinski definition) is 2. The van der Waals surface area contributed by atoms with Gasteiger partial charge in [-0.1, -0.05) is 6.42 Å². The lowest BCUT2D eigenvalue weighted by molar-refractivity contribution is -0.387. The second-order valence-electron chi connectivity index (χ2n) is 5.89. The highest BCUT2D eigenvalue weighted by atomic mass is 32.2. The number of benzene rings is 1. The topological polar surface area (TPSA) is 115 Å². The van der Waals surface area contributed by atoms with Gasteiger partial charge in [-0.25, -0.2) is 13.1 Å². The third kappa shape index (κ3) is 2.60. The molecule has 1 aromatic carbocycles. The Balaban J connectivity index is 1.90. The minimum Gasteiger partial charge on any atom is -0.399 e. The Labute approximate surface area is 122 Å². The zero-order valence-corrected chi connectivity index (χ0v) is 12.2. The second-order valence-corrected chi connectivity index (χ2v) is 7.57. The van der Waals surface area contributed by atoms with Gasteiger partial charge in [0.1, 0.15) is 0 Å². The van der Waals surface area contributed by atoms with Crippen LogP contribution in [-0.4, -0.2) is 19.4 Å². The van der Waals surface area contributed by atoms with Crippen LogP contribution in [0, 0.1) is 22.0 Å². The number of hydrogen-bond acceptors (Lipinski definition) is 5. The summed E-state index contributed by atoms with van der Waals surface area (Å²) in [6, 6.07) is 3.53. The van der Waals surface area contributed by atoms with Crippen molar-refractivity contribution in [1.82, 2.24) is 4.72 Å². The highest BCUT2D eigenvalue weighted by Crippen LogP contribution is 2.45. The Bertz CT molecular complexity index is 689. The first-order chi connectivity index (χ1) is 9.87. The van der Waals surface area contributed by atoms with E-state index in [1.165, 1.54) is 12.1 Å². The molecule has 7 nitrogen and oxygen atoms in total. The SMILES string of the molecule is Nc1ccc(S(=O)(=O)NC2CC3CCC2C3)c([N+](=O)[O-])c1. The molecule has 8 heteroatoms. The normalized spacial score (nSPS) is 27.9. The molecule has 2 fully saturated rings. The average molecular weight is 311 g/mol. The zero-order chi connectivity index (χ0) is 15.2. The summed E-state index contributed by atoms with van der Waals surface area (Å²) >= 11 is 0. The average Bonchev–Trinajstić information content (AvgIpc) is 2.99. The van der Waals surface area contributed by atoms with Gasteiger partial charge in [0.15, 0.2) is 4.90 Å². The van der Waals surface area contributed by atoms with E-state index < -0.39 is 20.6 Å². The number of nitrogen functional groups attached to an aromatic ring is 1. The number of rotatable bonds is 4. The van der Waals surface area contributed by atoms with Gasteiger partial charge in [-0.05, 0) is 43.2 Å². The highest BCUT2D eigenvalue weighted by Gasteiger charge is 2.42. The molecule has 3 atom stereocenters. The molecule has 114 valence electrons. The van der Waals surface area contributed by atoms with Gasteiger partial charge < -0.3 is 5.73 Å². The fraction of sp³-hybridized carbons (Fsp3) is 0.538. The number of nitro benzene ring substituents is 1. The molecular formula is C13H17N3O4S. The number of nitrogens with two attached hydrogens (primary N) is 1. The van der Waals surface area contributed by atoms with Gasteiger partial charge in [-0.3, -0.25) is 10.1 Å². The summed E-state index contributed by atoms with van der Waals surface area (Å²) in [6.07, 6.45) is 4.07. The quantitative estimate of drug-likeness (QED) is 0.498. The van der Waals surface area contributed by atoms with E-state index in [-0.39, 0.29) is 16.6 Å². The highest BCUT2D eigenvalue weighted by molar-refractivity contribution is 7.89. The maximum absolute atomic E-state index is 12.4. The van der Waals surface area contributed by atoms with E-state index in [4.69, 9.17) is 5.73 Å². The second kappa shape index (κ2) is 4.96. The summed E-state index contributed by atoms with van der Waals surface area (Å²) in [6.45, 7) is 0. The van der Waals surface area contributed by atoms with Gasteiger partial charge >= 0.3 is 0 Å². The molecule has 0 radical (unpaired) electrons. The van der Waals surface area contributed by atoms with Crippen molar-refractivity contribution >= 4 is 21.4 Å². The zero-order valence-electron chi connectivity index (χ0n) is 11.4. The van der Waals surface area contributed by atoms with Crippen molar-refractivity contribution in [1.29, 1.82) is 0 Å². The number of nitro groups is 1. The monoisotopic (exact) mass is 311 g/mol. The number of nitrogens with one attached hydrogen (secondary N) is 1. The predicted molar refractivity (Wildman–Crippen MR) is 77.1 cm³/mol. The van der Waals surface area contributed by atoms with E-state index >= 15 is 0 Å². The van der Waals surface area contributed by atoms with E-state index in [1.54, 1.807) is 0 Å². The smallest absolute Gasteiger partial charge is 0.291 e. The summed E-state index contributed by atoms with van der Waals surface area (Å²) in [5, 5.41) is 11.0. The molecule has 0 heterocycles. The van der Waals surface area contributed by atoms with E-state index in [0.717, 1.165) is 31.7 Å². The summed E-state index contributed by atoms with van der Waals surface area (Å²) in [5.41, 5.74) is 5.19. The number of nitrogens with zero attached hydrogens (tertiary/aromatic N) is 1. The molecule has 3 rings (SSSR count). The lowest BCUT2D eigenvalue weighted by Crippen LogP contribution is -2.38. The Kier molecular flexibility index (Phi) is 3.37. The summed E-state index contributed by atoms with van der Waals surface area (Å²) in [5.74, 6) is 0.946. The van der Waals surface area contributed by atoms with Gasteiger partial charge in [0, 0.05) is 17.8 Å². The van der Waals surface area contributed by atoms with Crippen LogP contribution in [0.3, 0.4) is 0 Å². The molecule has 2 aliphatic carbocycles. The third-order valence-electron chi connectivity index (χ3n) is 4.51. The first kappa shape index (κ1) is 14.3. The molecular weight excluding hydrogens is 294 g/mol. The Morgan fingerprint density at radius 3 is 2.62 bits per heavy atom. The van der Waals surface area contributed by atoms with Crippen molar-refractivity contribution in [2.24, 2.45) is 11.8 Å². The maximum Gasteiger partial charge on any atom is 0.291 e. The van der Waals surface area contributed by atoms with Crippen LogP contribution in [0.25, 0.3) is 0 Å². The Hall–Kier alpha value is -1.67. The van der Waals surface area contributed by atoms with Crippen molar-refractivity contribution in [3.05, 3.63) is 28.3 Å². The summed E-state index contributed by atoms with van der Waals surface area (Å²) < 4.78 is 27.5. The standard InChI is InChI=1S/C13H17N3O4S/c14-10-3-4-13(12(7-10)16(17)18)21(19,20)15-11-6-8-1-2-9(11)5-8/h3-4,7-9,11,15H,1-2,5-6,14H2. The van der Waals surface area contributed by atoms with Crippen LogP contribution in [0.15, 0.2) is 23.1 Å². The molecule has 0 amide bonds. The summed E-state index contributed by atoms with van der Waals surface area (Å²) in [7, 11) is -3.91. The van der Waals surface area contributed by atoms with E-state index in [0.29, 0.717) is 11.8 Å². The largest absolute Gasteiger partial charge is 0.399 e. The fourth-order valence-corrected chi connectivity index (χ4v) is 5.03. The fourth-order valence-electron chi connectivity index (χ4n) is 3.56. The molecule has 2 saturated carbocycles. The van der Waals surface area contributed by atoms with Crippen LogP contribution in [0.1, 0.15) is 25.7 Å². The molecule has 0 saturated heterocycles. The van der Waals surface area contributed by atoms with E-state index in [9.17, 15) is 18.5 Å². The van der Waals surface area contributed by atoms with E-state index in [2.05, 4.69) is 4.72 Å². The van der Waals surface area contributed by atoms with Crippen molar-refractivity contribution in [2.75, 3.05) is 5.73 Å². The van der Waals surface area contributed by atoms with Crippen molar-refractivity contribution in [3.63, 3.8) is 0 Å². The van der Waals surface area contributed by atoms with Gasteiger partial charge in [0.25, 0.3) is 5.69 Å². The Morgan fingerprint density at radius 1 is 1.29 bits per heavy atom. The molecule has 3 N–H and O–H groups in total. The van der Waals surface area contributed by atoms with Crippen LogP contribution in [-0.2, 0) is 10.0 Å². The summed E-state index contributed by atoms with van der Waals surface area (Å²) in [4.78, 5) is 10.0. The predicted octanol–water partition coefficient (Wildman–Crippen LogP) is 1.64. The molecule has 2 bridgehead atoms. The van der Waals surface area contributed by atoms with E-state index in [1.807, 2.05) is 0 Å². The van der Waals surface area contributed by atoms with Crippen LogP contribution in [0.5, 0.6) is 0 Å². The maximum atomic E-state index is 12.4. The van der Waals surface area contributed by atoms with Gasteiger partial charge in [0.2, 0.25) is 10.0 Å². The van der Waals surface area contributed by atoms with Crippen LogP contribution in [0.4, 0.5) is 11.4 Å². The number of sulfonamides is 1. The molecule has 2 aliphatic rings. The lowest BCUT2D eigenvalue weighted by Gasteiger charge is -2.22. The van der Waals surface area contributed by atoms with Gasteiger partial charge in [0.05, 0.1) is 4.92 Å². The van der Waals surface area contributed by atoms with Crippen LogP contribution in [0.2, 0.25) is 0 Å². The van der Waals surface area contributed by atoms with Crippen LogP contribution >= 0.6 is 0 Å². The van der Waals surface area contributed by atoms with Crippen molar-refractivity contribution in [3.8, 4) is 0 Å². The molecule has 1 aromatic rings. The Morgan fingerprint density at radius 2 is 2.05 bits per heavy atom. The first-order valence-electron chi connectivity index (χ1n) is 6.93. The van der Waals surface area contributed by atoms with Crippen molar-refractivity contribution < 1.29 is 13.3 Å². The number of anilines is 1. The minimum atomic E-state index is -3.91. The number of fused-ring (bicyclic) bond motifs is 2. The molecule has 0 aromatic heterocycles. The molecule has 21 heavy (non-hydrogen) atoms. The van der Waals surface area contributed by atoms with Crippen LogP contribution < -0.4 is 10.5 Å². The molecule has 0 spiro atoms. The van der Waals surface area contributed by atoms with Gasteiger partial charge in [-0.15, -0.1) is 0 Å². The van der Waals surface area contributed by atoms with Crippen molar-refractivity contribution in [2.45, 2.75) is 36.6 Å². The first-order valence-corrected chi connectivity index (χ1v) is 8.41. The molecule has 0 aliphatic heterocycles. The molecule has 3 unspecified atom stereocenters. The van der Waals surface area contributed by atoms with Gasteiger partial charge in [-0.2, -0.15) is 0 Å². The third-order valence-corrected chi connectivity index (χ3v) is 6.05. The lowest BCUT2D eigenvalue weighted by atomic mass is 9.96. The minimum absolute atomic E-state index is 0.106.